The van der Waals surface area contributed by atoms with Crippen molar-refractivity contribution in [2.75, 3.05) is 52.6 Å². The lowest BCUT2D eigenvalue weighted by atomic mass is 10.1. The Kier molecular flexibility index (Phi) is 7.26. The molecule has 198 valence electrons. The van der Waals surface area contributed by atoms with Crippen molar-refractivity contribution < 1.29 is 13.9 Å². The lowest BCUT2D eigenvalue weighted by Gasteiger charge is -2.32. The van der Waals surface area contributed by atoms with Crippen LogP contribution in [0.4, 0.5) is 15.9 Å². The number of hydrogen-bond donors (Lipinski definition) is 2. The molecule has 2 aromatic heterocycles. The third-order valence-electron chi connectivity index (χ3n) is 6.69. The number of aromatic amines is 1. The molecule has 1 aliphatic rings. The fraction of sp³-hybridized carbons (Fsp3) is 0.321. The van der Waals surface area contributed by atoms with Crippen molar-refractivity contribution in [1.82, 2.24) is 29.7 Å². The number of carbonyl (C=O) groups is 1. The molecular weight excluding hydrogens is 485 g/mol. The number of amides is 1. The zero-order chi connectivity index (χ0) is 26.8. The van der Waals surface area contributed by atoms with Crippen LogP contribution in [0.25, 0.3) is 10.9 Å². The Hall–Kier alpha value is -4.02. The van der Waals surface area contributed by atoms with Gasteiger partial charge in [0.25, 0.3) is 5.91 Å². The van der Waals surface area contributed by atoms with E-state index in [1.165, 1.54) is 22.9 Å². The minimum Gasteiger partial charge on any atom is -0.435 e. The molecule has 1 fully saturated rings. The van der Waals surface area contributed by atoms with Crippen molar-refractivity contribution in [3.8, 4) is 11.6 Å². The summed E-state index contributed by atoms with van der Waals surface area (Å²) in [5.74, 6) is -0.673. The highest BCUT2D eigenvalue weighted by Gasteiger charge is 2.24. The van der Waals surface area contributed by atoms with Gasteiger partial charge in [0.2, 0.25) is 5.88 Å². The number of H-pyrrole nitrogens is 1. The van der Waals surface area contributed by atoms with Gasteiger partial charge in [-0.25, -0.2) is 14.4 Å². The van der Waals surface area contributed by atoms with Gasteiger partial charge in [0.05, 0.1) is 0 Å². The number of nitrogens with zero attached hydrogens (tertiary/aromatic N) is 5. The summed E-state index contributed by atoms with van der Waals surface area (Å²) in [5, 5.41) is 3.63. The molecule has 0 spiro atoms. The minimum atomic E-state index is -0.529. The standard InChI is InChI=1S/C28H32FN7O2/c1-18-15-21-22(32-18)9-10-23(25(21)29)38-27-24(28(37)34(2)3)26(30-17-31-27)33-20-7-5-19(6-8-20)16-36-13-11-35(4)12-14-36/h5-10,15,17,32H,11-14,16H2,1-4H3,(H,30,31,33). The lowest BCUT2D eigenvalue weighted by Crippen LogP contribution is -2.43. The monoisotopic (exact) mass is 517 g/mol. The maximum Gasteiger partial charge on any atom is 0.262 e. The van der Waals surface area contributed by atoms with Crippen LogP contribution in [0.15, 0.2) is 48.8 Å². The number of piperazine rings is 1. The molecule has 4 aromatic rings. The normalized spacial score (nSPS) is 14.6. The van der Waals surface area contributed by atoms with Gasteiger partial charge in [-0.15, -0.1) is 0 Å². The van der Waals surface area contributed by atoms with Crippen molar-refractivity contribution >= 4 is 28.3 Å². The first-order chi connectivity index (χ1) is 18.3. The van der Waals surface area contributed by atoms with Crippen LogP contribution in [-0.4, -0.2) is 82.9 Å². The number of anilines is 2. The maximum absolute atomic E-state index is 15.2. The molecule has 0 atom stereocenters. The number of aryl methyl sites for hydroxylation is 1. The van der Waals surface area contributed by atoms with E-state index in [-0.39, 0.29) is 28.9 Å². The summed E-state index contributed by atoms with van der Waals surface area (Å²) < 4.78 is 21.1. The second-order valence-electron chi connectivity index (χ2n) is 9.90. The third kappa shape index (κ3) is 5.46. The molecule has 38 heavy (non-hydrogen) atoms. The van der Waals surface area contributed by atoms with Crippen molar-refractivity contribution in [3.63, 3.8) is 0 Å². The Balaban J connectivity index is 1.40. The summed E-state index contributed by atoms with van der Waals surface area (Å²) in [5.41, 5.74) is 3.59. The Morgan fingerprint density at radius 2 is 1.84 bits per heavy atom. The molecule has 5 rings (SSSR count). The molecule has 2 aromatic carbocycles. The molecular formula is C28H32FN7O2. The molecule has 0 bridgehead atoms. The lowest BCUT2D eigenvalue weighted by molar-refractivity contribution is 0.0825. The molecule has 1 amide bonds. The van der Waals surface area contributed by atoms with Gasteiger partial charge in [0.1, 0.15) is 11.9 Å². The second-order valence-corrected chi connectivity index (χ2v) is 9.90. The Morgan fingerprint density at radius 3 is 2.55 bits per heavy atom. The number of likely N-dealkylation sites (N-methyl/N-ethyl adjacent to an activating group) is 1. The number of halogens is 1. The van der Waals surface area contributed by atoms with Crippen molar-refractivity contribution in [2.24, 2.45) is 0 Å². The van der Waals surface area contributed by atoms with Gasteiger partial charge < -0.3 is 24.8 Å². The van der Waals surface area contributed by atoms with Gasteiger partial charge >= 0.3 is 0 Å². The first-order valence-corrected chi connectivity index (χ1v) is 12.6. The third-order valence-corrected chi connectivity index (χ3v) is 6.69. The van der Waals surface area contributed by atoms with Gasteiger partial charge in [-0.2, -0.15) is 0 Å². The quantitative estimate of drug-likeness (QED) is 0.376. The molecule has 2 N–H and O–H groups in total. The summed E-state index contributed by atoms with van der Waals surface area (Å²) in [6, 6.07) is 13.0. The summed E-state index contributed by atoms with van der Waals surface area (Å²) in [7, 11) is 5.41. The first-order valence-electron chi connectivity index (χ1n) is 12.6. The van der Waals surface area contributed by atoms with E-state index in [4.69, 9.17) is 4.74 Å². The van der Waals surface area contributed by atoms with Crippen LogP contribution in [0, 0.1) is 12.7 Å². The van der Waals surface area contributed by atoms with E-state index in [0.717, 1.165) is 44.1 Å². The van der Waals surface area contributed by atoms with Gasteiger partial charge in [-0.3, -0.25) is 9.69 Å². The highest BCUT2D eigenvalue weighted by atomic mass is 19.1. The molecule has 0 unspecified atom stereocenters. The van der Waals surface area contributed by atoms with Crippen molar-refractivity contribution in [1.29, 1.82) is 0 Å². The van der Waals surface area contributed by atoms with Crippen molar-refractivity contribution in [2.45, 2.75) is 13.5 Å². The molecule has 10 heteroatoms. The summed E-state index contributed by atoms with van der Waals surface area (Å²) in [6.07, 6.45) is 1.29. The van der Waals surface area contributed by atoms with Crippen LogP contribution >= 0.6 is 0 Å². The second kappa shape index (κ2) is 10.8. The highest BCUT2D eigenvalue weighted by Crippen LogP contribution is 2.34. The van der Waals surface area contributed by atoms with E-state index < -0.39 is 5.82 Å². The van der Waals surface area contributed by atoms with Gasteiger partial charge in [-0.1, -0.05) is 12.1 Å². The molecule has 0 radical (unpaired) electrons. The predicted octanol–water partition coefficient (Wildman–Crippen LogP) is 4.39. The summed E-state index contributed by atoms with van der Waals surface area (Å²) in [4.78, 5) is 31.0. The van der Waals surface area contributed by atoms with E-state index in [2.05, 4.69) is 49.2 Å². The van der Waals surface area contributed by atoms with E-state index in [9.17, 15) is 4.79 Å². The fourth-order valence-corrected chi connectivity index (χ4v) is 4.52. The average Bonchev–Trinajstić information content (AvgIpc) is 3.29. The van der Waals surface area contributed by atoms with Crippen LogP contribution in [0.3, 0.4) is 0 Å². The average molecular weight is 518 g/mol. The Morgan fingerprint density at radius 1 is 1.11 bits per heavy atom. The predicted molar refractivity (Wildman–Crippen MR) is 146 cm³/mol. The maximum atomic E-state index is 15.2. The van der Waals surface area contributed by atoms with E-state index in [0.29, 0.717) is 10.9 Å². The minimum absolute atomic E-state index is 0.0257. The van der Waals surface area contributed by atoms with Crippen molar-refractivity contribution in [3.05, 3.63) is 71.4 Å². The summed E-state index contributed by atoms with van der Waals surface area (Å²) >= 11 is 0. The van der Waals surface area contributed by atoms with Crippen LogP contribution in [-0.2, 0) is 6.54 Å². The Labute approximate surface area is 221 Å². The van der Waals surface area contributed by atoms with Gasteiger partial charge in [-0.05, 0) is 49.9 Å². The van der Waals surface area contributed by atoms with Crippen LogP contribution in [0.1, 0.15) is 21.6 Å². The van der Waals surface area contributed by atoms with E-state index >= 15 is 4.39 Å². The fourth-order valence-electron chi connectivity index (χ4n) is 4.52. The molecule has 0 aliphatic carbocycles. The molecule has 1 saturated heterocycles. The van der Waals surface area contributed by atoms with Crippen LogP contribution in [0.5, 0.6) is 11.6 Å². The number of ether oxygens (including phenoxy) is 1. The number of rotatable bonds is 7. The van der Waals surface area contributed by atoms with Crippen LogP contribution < -0.4 is 10.1 Å². The van der Waals surface area contributed by atoms with E-state index in [1.54, 1.807) is 26.2 Å². The molecule has 0 saturated carbocycles. The summed E-state index contributed by atoms with van der Waals surface area (Å²) in [6.45, 7) is 6.99. The largest absolute Gasteiger partial charge is 0.435 e. The van der Waals surface area contributed by atoms with Gasteiger partial charge in [0.15, 0.2) is 17.4 Å². The highest BCUT2D eigenvalue weighted by molar-refractivity contribution is 6.01. The number of nitrogens with one attached hydrogen (secondary N) is 2. The SMILES string of the molecule is Cc1cc2c(F)c(Oc3ncnc(Nc4ccc(CN5CCN(C)CC5)cc4)c3C(=O)N(C)C)ccc2[nH]1. The molecule has 3 heterocycles. The van der Waals surface area contributed by atoms with Gasteiger partial charge in [0, 0.05) is 69.1 Å². The molecule has 1 aliphatic heterocycles. The number of fused-ring (bicyclic) bond motifs is 1. The topological polar surface area (TPSA) is 89.6 Å². The number of hydrogen-bond acceptors (Lipinski definition) is 7. The van der Waals surface area contributed by atoms with E-state index in [1.807, 2.05) is 19.1 Å². The number of benzene rings is 2. The van der Waals surface area contributed by atoms with Crippen LogP contribution in [0.2, 0.25) is 0 Å². The smallest absolute Gasteiger partial charge is 0.262 e. The molecule has 9 nitrogen and oxygen atoms in total. The first kappa shape index (κ1) is 25.6. The number of aromatic nitrogens is 3. The Bertz CT molecular complexity index is 1440. The zero-order valence-electron chi connectivity index (χ0n) is 22.1. The number of carbonyl (C=O) groups excluding carboxylic acids is 1. The zero-order valence-corrected chi connectivity index (χ0v) is 22.1.